The van der Waals surface area contributed by atoms with Crippen LogP contribution >= 0.6 is 0 Å². The zero-order valence-electron chi connectivity index (χ0n) is 12.2. The van der Waals surface area contributed by atoms with Crippen LogP contribution in [0.15, 0.2) is 18.2 Å². The van der Waals surface area contributed by atoms with E-state index in [1.807, 2.05) is 0 Å². The fraction of sp³-hybridized carbons (Fsp3) is 0.562. The molecule has 0 aliphatic carbocycles. The minimum Gasteiger partial charge on any atom is -0.350 e. The van der Waals surface area contributed by atoms with Crippen molar-refractivity contribution in [2.24, 2.45) is 5.92 Å². The summed E-state index contributed by atoms with van der Waals surface area (Å²) < 4.78 is 13.3. The van der Waals surface area contributed by atoms with Crippen LogP contribution in [0.2, 0.25) is 0 Å². The van der Waals surface area contributed by atoms with Crippen LogP contribution in [-0.4, -0.2) is 25.0 Å². The number of hydrogen-bond donors (Lipinski definition) is 2. The topological polar surface area (TPSA) is 41.1 Å². The molecule has 2 N–H and O–H groups in total. The molecule has 2 atom stereocenters. The summed E-state index contributed by atoms with van der Waals surface area (Å²) in [4.78, 5) is 12.1. The van der Waals surface area contributed by atoms with E-state index >= 15 is 0 Å². The highest BCUT2D eigenvalue weighted by Gasteiger charge is 2.23. The number of carbonyl (C=O) groups is 1. The quantitative estimate of drug-likeness (QED) is 0.889. The summed E-state index contributed by atoms with van der Waals surface area (Å²) in [5.41, 5.74) is 1.16. The van der Waals surface area contributed by atoms with Gasteiger partial charge in [0.15, 0.2) is 0 Å². The molecule has 110 valence electrons. The summed E-state index contributed by atoms with van der Waals surface area (Å²) in [6, 6.07) is 4.75. The average molecular weight is 278 g/mol. The molecular weight excluding hydrogens is 255 g/mol. The molecule has 1 heterocycles. The Morgan fingerprint density at radius 3 is 2.95 bits per heavy atom. The number of piperidine rings is 1. The zero-order chi connectivity index (χ0) is 14.5. The van der Waals surface area contributed by atoms with Gasteiger partial charge in [-0.05, 0) is 56.0 Å². The molecule has 0 spiro atoms. The van der Waals surface area contributed by atoms with Crippen LogP contribution in [0.1, 0.15) is 42.1 Å². The Balaban J connectivity index is 1.94. The molecule has 4 heteroatoms. The Bertz CT molecular complexity index is 455. The van der Waals surface area contributed by atoms with Crippen molar-refractivity contribution in [2.45, 2.75) is 39.2 Å². The Hall–Kier alpha value is -1.42. The lowest BCUT2D eigenvalue weighted by Gasteiger charge is -2.32. The molecule has 2 unspecified atom stereocenters. The standard InChI is InChI=1S/C16H23FN2O/c1-3-12-5-4-6-18-15(12)10-19-16(20)13-7-11(2)8-14(17)9-13/h7-9,12,15,18H,3-6,10H2,1-2H3,(H,19,20). The predicted molar refractivity (Wildman–Crippen MR) is 78.3 cm³/mol. The summed E-state index contributed by atoms with van der Waals surface area (Å²) in [5, 5.41) is 6.38. The van der Waals surface area contributed by atoms with Crippen molar-refractivity contribution in [3.05, 3.63) is 35.1 Å². The molecule has 1 aliphatic rings. The minimum absolute atomic E-state index is 0.199. The maximum absolute atomic E-state index is 13.3. The van der Waals surface area contributed by atoms with E-state index in [-0.39, 0.29) is 11.7 Å². The Morgan fingerprint density at radius 2 is 2.25 bits per heavy atom. The first-order valence-electron chi connectivity index (χ1n) is 7.39. The Labute approximate surface area is 120 Å². The Kier molecular flexibility index (Phi) is 5.12. The smallest absolute Gasteiger partial charge is 0.251 e. The molecule has 3 nitrogen and oxygen atoms in total. The summed E-state index contributed by atoms with van der Waals surface area (Å²) in [7, 11) is 0. The van der Waals surface area contributed by atoms with Crippen LogP contribution in [0, 0.1) is 18.7 Å². The number of amides is 1. The third-order valence-electron chi connectivity index (χ3n) is 4.04. The number of carbonyl (C=O) groups excluding carboxylic acids is 1. The minimum atomic E-state index is -0.364. The van der Waals surface area contributed by atoms with Crippen LogP contribution in [0.5, 0.6) is 0 Å². The van der Waals surface area contributed by atoms with Crippen molar-refractivity contribution in [3.63, 3.8) is 0 Å². The first-order chi connectivity index (χ1) is 9.60. The van der Waals surface area contributed by atoms with Crippen LogP contribution < -0.4 is 10.6 Å². The molecule has 0 radical (unpaired) electrons. The van der Waals surface area contributed by atoms with E-state index in [1.165, 1.54) is 25.0 Å². The summed E-state index contributed by atoms with van der Waals surface area (Å²) in [5.74, 6) is 0.0468. The van der Waals surface area contributed by atoms with E-state index in [2.05, 4.69) is 17.6 Å². The number of halogens is 1. The van der Waals surface area contributed by atoms with Crippen molar-refractivity contribution in [1.29, 1.82) is 0 Å². The van der Waals surface area contributed by atoms with Gasteiger partial charge in [-0.1, -0.05) is 13.3 Å². The van der Waals surface area contributed by atoms with Gasteiger partial charge in [-0.2, -0.15) is 0 Å². The zero-order valence-corrected chi connectivity index (χ0v) is 12.2. The van der Waals surface area contributed by atoms with Gasteiger partial charge in [0.25, 0.3) is 5.91 Å². The van der Waals surface area contributed by atoms with E-state index in [4.69, 9.17) is 0 Å². The second kappa shape index (κ2) is 6.84. The molecule has 0 aromatic heterocycles. The molecule has 0 bridgehead atoms. The number of hydrogen-bond acceptors (Lipinski definition) is 2. The number of rotatable bonds is 4. The van der Waals surface area contributed by atoms with E-state index < -0.39 is 0 Å². The van der Waals surface area contributed by atoms with Gasteiger partial charge in [-0.15, -0.1) is 0 Å². The Morgan fingerprint density at radius 1 is 1.45 bits per heavy atom. The van der Waals surface area contributed by atoms with Crippen molar-refractivity contribution in [2.75, 3.05) is 13.1 Å². The maximum Gasteiger partial charge on any atom is 0.251 e. The molecule has 1 fully saturated rings. The normalized spacial score (nSPS) is 22.6. The lowest BCUT2D eigenvalue weighted by atomic mass is 9.88. The molecule has 1 saturated heterocycles. The van der Waals surface area contributed by atoms with E-state index in [0.717, 1.165) is 18.5 Å². The molecule has 1 amide bonds. The van der Waals surface area contributed by atoms with Crippen molar-refractivity contribution in [1.82, 2.24) is 10.6 Å². The fourth-order valence-electron chi connectivity index (χ4n) is 2.92. The lowest BCUT2D eigenvalue weighted by Crippen LogP contribution is -2.48. The highest BCUT2D eigenvalue weighted by molar-refractivity contribution is 5.94. The average Bonchev–Trinajstić information content (AvgIpc) is 2.44. The third-order valence-corrected chi connectivity index (χ3v) is 4.04. The maximum atomic E-state index is 13.3. The van der Waals surface area contributed by atoms with Crippen LogP contribution in [0.25, 0.3) is 0 Å². The second-order valence-corrected chi connectivity index (χ2v) is 5.60. The largest absolute Gasteiger partial charge is 0.350 e. The van der Waals surface area contributed by atoms with E-state index in [9.17, 15) is 9.18 Å². The fourth-order valence-corrected chi connectivity index (χ4v) is 2.92. The van der Waals surface area contributed by atoms with Gasteiger partial charge in [0, 0.05) is 18.2 Å². The highest BCUT2D eigenvalue weighted by atomic mass is 19.1. The lowest BCUT2D eigenvalue weighted by molar-refractivity contribution is 0.0941. The third kappa shape index (κ3) is 3.79. The highest BCUT2D eigenvalue weighted by Crippen LogP contribution is 2.19. The van der Waals surface area contributed by atoms with E-state index in [1.54, 1.807) is 13.0 Å². The summed E-state index contributed by atoms with van der Waals surface area (Å²) >= 11 is 0. The molecule has 1 aliphatic heterocycles. The summed E-state index contributed by atoms with van der Waals surface area (Å²) in [6.07, 6.45) is 3.53. The molecule has 1 aromatic carbocycles. The van der Waals surface area contributed by atoms with Gasteiger partial charge in [0.05, 0.1) is 0 Å². The van der Waals surface area contributed by atoms with Gasteiger partial charge in [-0.25, -0.2) is 4.39 Å². The van der Waals surface area contributed by atoms with Crippen molar-refractivity contribution in [3.8, 4) is 0 Å². The number of aryl methyl sites for hydroxylation is 1. The van der Waals surface area contributed by atoms with E-state index in [0.29, 0.717) is 24.1 Å². The monoisotopic (exact) mass is 278 g/mol. The molecule has 2 rings (SSSR count). The van der Waals surface area contributed by atoms with Gasteiger partial charge in [0.2, 0.25) is 0 Å². The predicted octanol–water partition coefficient (Wildman–Crippen LogP) is 2.64. The van der Waals surface area contributed by atoms with Crippen LogP contribution in [-0.2, 0) is 0 Å². The van der Waals surface area contributed by atoms with Gasteiger partial charge in [-0.3, -0.25) is 4.79 Å². The van der Waals surface area contributed by atoms with Gasteiger partial charge in [0.1, 0.15) is 5.82 Å². The van der Waals surface area contributed by atoms with Crippen molar-refractivity contribution < 1.29 is 9.18 Å². The molecular formula is C16H23FN2O. The number of benzene rings is 1. The summed E-state index contributed by atoms with van der Waals surface area (Å²) in [6.45, 7) is 5.58. The molecule has 1 aromatic rings. The molecule has 0 saturated carbocycles. The van der Waals surface area contributed by atoms with Gasteiger partial charge < -0.3 is 10.6 Å². The first-order valence-corrected chi connectivity index (χ1v) is 7.39. The van der Waals surface area contributed by atoms with Crippen LogP contribution in [0.3, 0.4) is 0 Å². The van der Waals surface area contributed by atoms with Crippen molar-refractivity contribution >= 4 is 5.91 Å². The first kappa shape index (κ1) is 15.0. The number of nitrogens with one attached hydrogen (secondary N) is 2. The van der Waals surface area contributed by atoms with Gasteiger partial charge >= 0.3 is 0 Å². The SMILES string of the molecule is CCC1CCCNC1CNC(=O)c1cc(C)cc(F)c1. The second-order valence-electron chi connectivity index (χ2n) is 5.60. The van der Waals surface area contributed by atoms with Crippen LogP contribution in [0.4, 0.5) is 4.39 Å². The molecule has 20 heavy (non-hydrogen) atoms.